The molecule has 0 aliphatic carbocycles. The highest BCUT2D eigenvalue weighted by Crippen LogP contribution is 2.21. The lowest BCUT2D eigenvalue weighted by atomic mass is 10.5. The van der Waals surface area contributed by atoms with Crippen LogP contribution in [0.25, 0.3) is 5.95 Å². The van der Waals surface area contributed by atoms with Crippen molar-refractivity contribution in [1.82, 2.24) is 29.5 Å². The molecule has 0 bridgehead atoms. The summed E-state index contributed by atoms with van der Waals surface area (Å²) in [5.74, 6) is 0.804. The van der Waals surface area contributed by atoms with Crippen molar-refractivity contribution in [3.63, 3.8) is 0 Å². The summed E-state index contributed by atoms with van der Waals surface area (Å²) < 4.78 is 7.89. The average molecular weight is 354 g/mol. The molecule has 3 aromatic heterocycles. The van der Waals surface area contributed by atoms with Crippen LogP contribution < -0.4 is 4.74 Å². The van der Waals surface area contributed by atoms with Crippen LogP contribution in [0.5, 0.6) is 11.8 Å². The normalized spacial score (nSPS) is 10.5. The number of hydrogen-bond acceptors (Lipinski definition) is 6. The van der Waals surface area contributed by atoms with Crippen molar-refractivity contribution in [2.75, 3.05) is 0 Å². The van der Waals surface area contributed by atoms with Gasteiger partial charge in [0, 0.05) is 23.1 Å². The monoisotopic (exact) mass is 352 g/mol. The Labute approximate surface area is 126 Å². The molecule has 0 aliphatic heterocycles. The van der Waals surface area contributed by atoms with Gasteiger partial charge in [-0.3, -0.25) is 9.55 Å². The van der Waals surface area contributed by atoms with E-state index in [9.17, 15) is 0 Å². The molecule has 0 unspecified atom stereocenters. The Balaban J connectivity index is 1.94. The number of pyridine rings is 1. The quantitative estimate of drug-likeness (QED) is 0.720. The van der Waals surface area contributed by atoms with Gasteiger partial charge in [-0.2, -0.15) is 15.0 Å². The van der Waals surface area contributed by atoms with Crippen molar-refractivity contribution < 1.29 is 4.74 Å². The molecule has 0 spiro atoms. The zero-order valence-corrected chi connectivity index (χ0v) is 12.2. The fourth-order valence-corrected chi connectivity index (χ4v) is 1.91. The first-order chi connectivity index (χ1) is 9.70. The minimum absolute atomic E-state index is 0.0293. The minimum Gasteiger partial charge on any atom is -0.422 e. The molecule has 0 saturated carbocycles. The van der Waals surface area contributed by atoms with Crippen LogP contribution in [-0.4, -0.2) is 29.5 Å². The van der Waals surface area contributed by atoms with Crippen LogP contribution in [0, 0.1) is 0 Å². The van der Waals surface area contributed by atoms with Crippen molar-refractivity contribution in [2.24, 2.45) is 0 Å². The summed E-state index contributed by atoms with van der Waals surface area (Å²) >= 11 is 9.17. The lowest BCUT2D eigenvalue weighted by Gasteiger charge is -2.05. The number of aromatic nitrogens is 6. The summed E-state index contributed by atoms with van der Waals surface area (Å²) in [6.07, 6.45) is 8.03. The van der Waals surface area contributed by atoms with Gasteiger partial charge in [0.1, 0.15) is 6.33 Å². The summed E-state index contributed by atoms with van der Waals surface area (Å²) in [4.78, 5) is 20.0. The highest BCUT2D eigenvalue weighted by Gasteiger charge is 2.09. The lowest BCUT2D eigenvalue weighted by Crippen LogP contribution is -2.03. The van der Waals surface area contributed by atoms with Crippen LogP contribution in [0.15, 0.2) is 41.7 Å². The molecule has 0 fully saturated rings. The molecule has 0 saturated heterocycles. The van der Waals surface area contributed by atoms with Gasteiger partial charge in [-0.05, 0) is 33.6 Å². The first-order valence-electron chi connectivity index (χ1n) is 5.39. The van der Waals surface area contributed by atoms with Gasteiger partial charge in [0.25, 0.3) is 0 Å². The minimum atomic E-state index is 0.0293. The highest BCUT2D eigenvalue weighted by atomic mass is 79.9. The maximum Gasteiger partial charge on any atom is 0.328 e. The van der Waals surface area contributed by atoms with Crippen LogP contribution in [-0.2, 0) is 0 Å². The second kappa shape index (κ2) is 5.51. The van der Waals surface area contributed by atoms with Crippen molar-refractivity contribution in [2.45, 2.75) is 0 Å². The van der Waals surface area contributed by atoms with Crippen molar-refractivity contribution in [3.8, 4) is 17.7 Å². The van der Waals surface area contributed by atoms with Gasteiger partial charge >= 0.3 is 6.01 Å². The summed E-state index contributed by atoms with van der Waals surface area (Å²) in [6, 6.07) is 1.82. The van der Waals surface area contributed by atoms with Crippen LogP contribution in [0.2, 0.25) is 5.28 Å². The fourth-order valence-electron chi connectivity index (χ4n) is 1.41. The van der Waals surface area contributed by atoms with Gasteiger partial charge in [0.15, 0.2) is 5.75 Å². The van der Waals surface area contributed by atoms with Gasteiger partial charge in [0.05, 0.1) is 6.20 Å². The smallest absolute Gasteiger partial charge is 0.328 e. The molecule has 100 valence electrons. The van der Waals surface area contributed by atoms with Crippen molar-refractivity contribution in [3.05, 3.63) is 46.9 Å². The number of halogens is 2. The van der Waals surface area contributed by atoms with Crippen LogP contribution in [0.1, 0.15) is 0 Å². The summed E-state index contributed by atoms with van der Waals surface area (Å²) in [6.45, 7) is 0. The van der Waals surface area contributed by atoms with Gasteiger partial charge in [0.2, 0.25) is 11.2 Å². The van der Waals surface area contributed by atoms with E-state index in [1.54, 1.807) is 41.7 Å². The van der Waals surface area contributed by atoms with Crippen molar-refractivity contribution in [1.29, 1.82) is 0 Å². The Morgan fingerprint density at radius 1 is 1.15 bits per heavy atom. The van der Waals surface area contributed by atoms with E-state index in [0.29, 0.717) is 11.7 Å². The number of hydrogen-bond donors (Lipinski definition) is 0. The standard InChI is InChI=1S/C11H6BrClN6O/c12-7-3-8(5-15-4-7)20-11-17-9(13)16-10(18-11)19-2-1-14-6-19/h1-6H. The second-order valence-electron chi connectivity index (χ2n) is 3.60. The van der Waals surface area contributed by atoms with E-state index in [1.165, 1.54) is 0 Å². The third-order valence-corrected chi connectivity index (χ3v) is 2.80. The first kappa shape index (κ1) is 12.9. The van der Waals surface area contributed by atoms with Crippen LogP contribution in [0.4, 0.5) is 0 Å². The SMILES string of the molecule is Clc1nc(Oc2cncc(Br)c2)nc(-n2ccnc2)n1. The third kappa shape index (κ3) is 2.91. The maximum absolute atomic E-state index is 5.86. The Morgan fingerprint density at radius 3 is 2.80 bits per heavy atom. The van der Waals surface area contributed by atoms with E-state index in [0.717, 1.165) is 4.47 Å². The zero-order valence-electron chi connectivity index (χ0n) is 9.81. The molecule has 0 aliphatic rings. The molecule has 0 aromatic carbocycles. The topological polar surface area (TPSA) is 78.6 Å². The van der Waals surface area contributed by atoms with Crippen molar-refractivity contribution >= 4 is 27.5 Å². The lowest BCUT2D eigenvalue weighted by molar-refractivity contribution is 0.436. The molecule has 0 atom stereocenters. The largest absolute Gasteiger partial charge is 0.422 e. The van der Waals surface area contributed by atoms with E-state index in [1.807, 2.05) is 0 Å². The molecule has 3 aromatic rings. The maximum atomic E-state index is 5.86. The van der Waals surface area contributed by atoms with Gasteiger partial charge < -0.3 is 4.74 Å². The van der Waals surface area contributed by atoms with E-state index in [4.69, 9.17) is 16.3 Å². The summed E-state index contributed by atoms with van der Waals surface area (Å²) in [7, 11) is 0. The molecule has 20 heavy (non-hydrogen) atoms. The summed E-state index contributed by atoms with van der Waals surface area (Å²) in [5, 5.41) is 0.0293. The molecule has 9 heteroatoms. The van der Waals surface area contributed by atoms with E-state index in [2.05, 4.69) is 40.8 Å². The molecular weight excluding hydrogens is 348 g/mol. The van der Waals surface area contributed by atoms with Crippen LogP contribution >= 0.6 is 27.5 Å². The molecule has 7 nitrogen and oxygen atoms in total. The van der Waals surface area contributed by atoms with E-state index >= 15 is 0 Å². The average Bonchev–Trinajstić information content (AvgIpc) is 2.91. The number of nitrogens with zero attached hydrogens (tertiary/aromatic N) is 6. The Bertz CT molecular complexity index is 736. The molecule has 0 radical (unpaired) electrons. The fraction of sp³-hybridized carbons (Fsp3) is 0. The second-order valence-corrected chi connectivity index (χ2v) is 4.85. The number of imidazole rings is 1. The van der Waals surface area contributed by atoms with E-state index in [-0.39, 0.29) is 11.3 Å². The Kier molecular flexibility index (Phi) is 3.57. The first-order valence-corrected chi connectivity index (χ1v) is 6.56. The number of rotatable bonds is 3. The number of ether oxygens (including phenoxy) is 1. The van der Waals surface area contributed by atoms with Gasteiger partial charge in [-0.25, -0.2) is 4.98 Å². The van der Waals surface area contributed by atoms with E-state index < -0.39 is 0 Å². The Morgan fingerprint density at radius 2 is 2.05 bits per heavy atom. The van der Waals surface area contributed by atoms with Gasteiger partial charge in [-0.1, -0.05) is 0 Å². The van der Waals surface area contributed by atoms with Gasteiger partial charge in [-0.15, -0.1) is 0 Å². The molecule has 0 amide bonds. The Hall–Kier alpha value is -2.06. The predicted octanol–water partition coefficient (Wildman–Crippen LogP) is 2.66. The van der Waals surface area contributed by atoms with Crippen LogP contribution in [0.3, 0.4) is 0 Å². The molecule has 3 rings (SSSR count). The summed E-state index contributed by atoms with van der Waals surface area (Å²) in [5.41, 5.74) is 0. The third-order valence-electron chi connectivity index (χ3n) is 2.20. The zero-order chi connectivity index (χ0) is 13.9. The molecular formula is C11H6BrClN6O. The molecule has 0 N–H and O–H groups in total. The molecule has 3 heterocycles. The highest BCUT2D eigenvalue weighted by molar-refractivity contribution is 9.10. The predicted molar refractivity (Wildman–Crippen MR) is 74.0 cm³/mol.